The molecule has 1 aromatic carbocycles. The molecule has 7 nitrogen and oxygen atoms in total. The van der Waals surface area contributed by atoms with E-state index in [4.69, 9.17) is 16.7 Å². The number of hydrogen-bond acceptors (Lipinski definition) is 5. The van der Waals surface area contributed by atoms with Gasteiger partial charge in [0.25, 0.3) is 5.69 Å². The number of benzene rings is 1. The van der Waals surface area contributed by atoms with Crippen LogP contribution in [0.15, 0.2) is 30.5 Å². The predicted octanol–water partition coefficient (Wildman–Crippen LogP) is 3.69. The Balaban J connectivity index is 2.44. The van der Waals surface area contributed by atoms with E-state index < -0.39 is 16.6 Å². The van der Waals surface area contributed by atoms with Crippen molar-refractivity contribution >= 4 is 57.4 Å². The van der Waals surface area contributed by atoms with Crippen molar-refractivity contribution in [2.24, 2.45) is 0 Å². The third kappa shape index (κ3) is 3.58. The van der Waals surface area contributed by atoms with Gasteiger partial charge in [0.05, 0.1) is 15.6 Å². The minimum atomic E-state index is -1.32. The Kier molecular flexibility index (Phi) is 4.58. The van der Waals surface area contributed by atoms with Crippen LogP contribution >= 0.6 is 34.2 Å². The molecule has 0 aliphatic carbocycles. The summed E-state index contributed by atoms with van der Waals surface area (Å²) in [5.41, 5.74) is -0.244. The van der Waals surface area contributed by atoms with Crippen LogP contribution in [0, 0.1) is 13.7 Å². The molecule has 0 aliphatic rings. The number of carbonyl (C=O) groups is 1. The number of hydrogen-bond donors (Lipinski definition) is 2. The third-order valence-electron chi connectivity index (χ3n) is 2.50. The SMILES string of the molecule is O=C(O)c1cc([N+](=O)[O-])cnc1Nc1ccc(I)cc1Cl. The van der Waals surface area contributed by atoms with Crippen LogP contribution in [0.3, 0.4) is 0 Å². The number of rotatable bonds is 4. The van der Waals surface area contributed by atoms with Gasteiger partial charge >= 0.3 is 5.97 Å². The summed E-state index contributed by atoms with van der Waals surface area (Å²) in [6.07, 6.45) is 0.982. The molecule has 2 rings (SSSR count). The lowest BCUT2D eigenvalue weighted by molar-refractivity contribution is -0.385. The van der Waals surface area contributed by atoms with Gasteiger partial charge in [-0.15, -0.1) is 0 Å². The first-order chi connectivity index (χ1) is 9.88. The highest BCUT2D eigenvalue weighted by molar-refractivity contribution is 14.1. The molecule has 1 heterocycles. The average Bonchev–Trinajstić information content (AvgIpc) is 2.41. The lowest BCUT2D eigenvalue weighted by atomic mass is 10.2. The number of nitrogens with zero attached hydrogens (tertiary/aromatic N) is 2. The fourth-order valence-corrected chi connectivity index (χ4v) is 2.44. The van der Waals surface area contributed by atoms with Gasteiger partial charge in [0.15, 0.2) is 0 Å². The van der Waals surface area contributed by atoms with E-state index >= 15 is 0 Å². The van der Waals surface area contributed by atoms with Crippen LogP contribution in [0.2, 0.25) is 5.02 Å². The molecule has 2 aromatic rings. The van der Waals surface area contributed by atoms with Gasteiger partial charge in [-0.1, -0.05) is 11.6 Å². The first-order valence-electron chi connectivity index (χ1n) is 5.48. The highest BCUT2D eigenvalue weighted by Gasteiger charge is 2.18. The maximum atomic E-state index is 11.2. The van der Waals surface area contributed by atoms with E-state index in [9.17, 15) is 14.9 Å². The number of carboxylic acid groups (broad SMARTS) is 1. The smallest absolute Gasteiger partial charge is 0.339 e. The highest BCUT2D eigenvalue weighted by Crippen LogP contribution is 2.28. The van der Waals surface area contributed by atoms with Crippen LogP contribution in [0.25, 0.3) is 0 Å². The second-order valence-corrected chi connectivity index (χ2v) is 5.55. The van der Waals surface area contributed by atoms with Crippen molar-refractivity contribution in [3.63, 3.8) is 0 Å². The first kappa shape index (κ1) is 15.4. The van der Waals surface area contributed by atoms with Gasteiger partial charge in [0.2, 0.25) is 0 Å². The quantitative estimate of drug-likeness (QED) is 0.445. The third-order valence-corrected chi connectivity index (χ3v) is 3.48. The van der Waals surface area contributed by atoms with E-state index in [1.807, 2.05) is 0 Å². The molecule has 0 saturated heterocycles. The zero-order valence-corrected chi connectivity index (χ0v) is 13.1. The van der Waals surface area contributed by atoms with Gasteiger partial charge < -0.3 is 10.4 Å². The monoisotopic (exact) mass is 419 g/mol. The molecule has 21 heavy (non-hydrogen) atoms. The van der Waals surface area contributed by atoms with E-state index in [1.165, 1.54) is 0 Å². The largest absolute Gasteiger partial charge is 0.478 e. The van der Waals surface area contributed by atoms with Crippen LogP contribution in [-0.4, -0.2) is 21.0 Å². The van der Waals surface area contributed by atoms with E-state index in [1.54, 1.807) is 18.2 Å². The fraction of sp³-hybridized carbons (Fsp3) is 0. The Hall–Kier alpha value is -1.94. The summed E-state index contributed by atoms with van der Waals surface area (Å²) < 4.78 is 0.915. The summed E-state index contributed by atoms with van der Waals surface area (Å²) in [6.45, 7) is 0. The molecule has 0 saturated carbocycles. The molecular weight excluding hydrogens is 413 g/mol. The molecule has 0 aliphatic heterocycles. The summed E-state index contributed by atoms with van der Waals surface area (Å²) in [7, 11) is 0. The van der Waals surface area contributed by atoms with E-state index in [2.05, 4.69) is 32.9 Å². The van der Waals surface area contributed by atoms with Crippen molar-refractivity contribution in [1.82, 2.24) is 4.98 Å². The van der Waals surface area contributed by atoms with Gasteiger partial charge in [-0.2, -0.15) is 0 Å². The van der Waals surface area contributed by atoms with E-state index in [0.29, 0.717) is 10.7 Å². The van der Waals surface area contributed by atoms with Gasteiger partial charge in [-0.05, 0) is 40.8 Å². The van der Waals surface area contributed by atoms with Crippen LogP contribution in [0.4, 0.5) is 17.2 Å². The summed E-state index contributed by atoms with van der Waals surface area (Å²) in [5, 5.41) is 22.9. The standard InChI is InChI=1S/C12H7ClIN3O4/c13-9-3-6(14)1-2-10(9)16-11-8(12(18)19)4-7(5-15-11)17(20)21/h1-5H,(H,15,16)(H,18,19). The maximum absolute atomic E-state index is 11.2. The van der Waals surface area contributed by atoms with Crippen LogP contribution in [0.5, 0.6) is 0 Å². The van der Waals surface area contributed by atoms with Crippen LogP contribution in [-0.2, 0) is 0 Å². The van der Waals surface area contributed by atoms with Crippen LogP contribution < -0.4 is 5.32 Å². The summed E-state index contributed by atoms with van der Waals surface area (Å²) in [5.74, 6) is -1.34. The topological polar surface area (TPSA) is 105 Å². The highest BCUT2D eigenvalue weighted by atomic mass is 127. The molecule has 108 valence electrons. The van der Waals surface area contributed by atoms with E-state index in [-0.39, 0.29) is 11.4 Å². The fourth-order valence-electron chi connectivity index (χ4n) is 1.53. The second kappa shape index (κ2) is 6.22. The number of aromatic carboxylic acids is 1. The predicted molar refractivity (Wildman–Crippen MR) is 85.3 cm³/mol. The molecule has 0 spiro atoms. The molecule has 9 heteroatoms. The number of pyridine rings is 1. The molecule has 0 unspecified atom stereocenters. The van der Waals surface area contributed by atoms with Gasteiger partial charge in [-0.3, -0.25) is 10.1 Å². The van der Waals surface area contributed by atoms with E-state index in [0.717, 1.165) is 15.8 Å². The second-order valence-electron chi connectivity index (χ2n) is 3.90. The minimum absolute atomic E-state index is 0.0174. The molecule has 0 bridgehead atoms. The lowest BCUT2D eigenvalue weighted by Gasteiger charge is -2.10. The lowest BCUT2D eigenvalue weighted by Crippen LogP contribution is -2.06. The Morgan fingerprint density at radius 2 is 2.14 bits per heavy atom. The molecule has 1 aromatic heterocycles. The number of nitrogens with one attached hydrogen (secondary N) is 1. The Bertz CT molecular complexity index is 738. The maximum Gasteiger partial charge on any atom is 0.339 e. The van der Waals surface area contributed by atoms with Crippen molar-refractivity contribution < 1.29 is 14.8 Å². The average molecular weight is 420 g/mol. The number of anilines is 2. The first-order valence-corrected chi connectivity index (χ1v) is 6.94. The van der Waals surface area contributed by atoms with Crippen molar-refractivity contribution in [3.05, 3.63) is 54.7 Å². The molecule has 2 N–H and O–H groups in total. The summed E-state index contributed by atoms with van der Waals surface area (Å²) >= 11 is 8.13. The van der Waals surface area contributed by atoms with Crippen molar-refractivity contribution in [2.45, 2.75) is 0 Å². The Labute approximate surface area is 137 Å². The van der Waals surface area contributed by atoms with Gasteiger partial charge in [-0.25, -0.2) is 9.78 Å². The molecule has 0 radical (unpaired) electrons. The normalized spacial score (nSPS) is 10.2. The number of halogens is 2. The van der Waals surface area contributed by atoms with Crippen molar-refractivity contribution in [3.8, 4) is 0 Å². The van der Waals surface area contributed by atoms with Crippen molar-refractivity contribution in [1.29, 1.82) is 0 Å². The minimum Gasteiger partial charge on any atom is -0.478 e. The zero-order valence-electron chi connectivity index (χ0n) is 10.2. The molecule has 0 atom stereocenters. The zero-order chi connectivity index (χ0) is 15.6. The number of aromatic nitrogens is 1. The van der Waals surface area contributed by atoms with Gasteiger partial charge in [0, 0.05) is 9.64 Å². The Morgan fingerprint density at radius 3 is 2.71 bits per heavy atom. The Morgan fingerprint density at radius 1 is 1.43 bits per heavy atom. The number of carboxylic acids is 1. The summed E-state index contributed by atoms with van der Waals surface area (Å²) in [6, 6.07) is 6.08. The molecule has 0 fully saturated rings. The van der Waals surface area contributed by atoms with Crippen molar-refractivity contribution in [2.75, 3.05) is 5.32 Å². The molecular formula is C12H7ClIN3O4. The van der Waals surface area contributed by atoms with Crippen LogP contribution in [0.1, 0.15) is 10.4 Å². The van der Waals surface area contributed by atoms with Gasteiger partial charge in [0.1, 0.15) is 17.6 Å². The molecule has 0 amide bonds. The summed E-state index contributed by atoms with van der Waals surface area (Å²) in [4.78, 5) is 24.9. The number of nitro groups is 1.